The lowest BCUT2D eigenvalue weighted by Gasteiger charge is -2.12. The maximum atomic E-state index is 2.58. The molecule has 4 aromatic carbocycles. The summed E-state index contributed by atoms with van der Waals surface area (Å²) in [5, 5.41) is 4.05. The summed E-state index contributed by atoms with van der Waals surface area (Å²) in [5.41, 5.74) is 13.2. The number of rotatable bonds is 3. The topological polar surface area (TPSA) is 9.86 Å². The van der Waals surface area contributed by atoms with Crippen LogP contribution in [-0.2, 0) is 20.0 Å². The number of para-hydroxylation sites is 1. The first-order valence-electron chi connectivity index (χ1n) is 14.2. The van der Waals surface area contributed by atoms with Gasteiger partial charge in [-0.15, -0.1) is 0 Å². The molecule has 0 atom stereocenters. The van der Waals surface area contributed by atoms with E-state index in [1.54, 1.807) is 0 Å². The van der Waals surface area contributed by atoms with E-state index in [1.165, 1.54) is 71.8 Å². The second kappa shape index (κ2) is 9.14. The Morgan fingerprint density at radius 3 is 2.48 bits per heavy atom. The summed E-state index contributed by atoms with van der Waals surface area (Å²) in [6, 6.07) is 31.1. The number of nitrogens with zero attached hydrogens (tertiary/aromatic N) is 2. The zero-order valence-electron chi connectivity index (χ0n) is 22.6. The first-order valence-corrected chi connectivity index (χ1v) is 14.2. The van der Waals surface area contributed by atoms with Gasteiger partial charge in [0.15, 0.2) is 0 Å². The zero-order chi connectivity index (χ0) is 26.6. The fourth-order valence-corrected chi connectivity index (χ4v) is 6.76. The highest BCUT2D eigenvalue weighted by Crippen LogP contribution is 2.40. The first-order chi connectivity index (χ1) is 19.8. The molecule has 0 amide bonds. The normalized spacial score (nSPS) is 14.4. The van der Waals surface area contributed by atoms with Crippen molar-refractivity contribution in [2.75, 3.05) is 0 Å². The van der Waals surface area contributed by atoms with Gasteiger partial charge < -0.3 is 9.13 Å². The molecule has 0 saturated carbocycles. The smallest absolute Gasteiger partial charge is 0.0592 e. The number of fused-ring (bicyclic) bond motifs is 8. The molecule has 2 aliphatic rings. The van der Waals surface area contributed by atoms with Crippen LogP contribution in [0, 0.1) is 0 Å². The molecule has 0 bridgehead atoms. The van der Waals surface area contributed by atoms with Crippen molar-refractivity contribution in [2.45, 2.75) is 19.4 Å². The summed E-state index contributed by atoms with van der Waals surface area (Å²) in [5.74, 6) is 0. The Morgan fingerprint density at radius 1 is 0.675 bits per heavy atom. The van der Waals surface area contributed by atoms with Crippen LogP contribution >= 0.6 is 0 Å². The lowest BCUT2D eigenvalue weighted by molar-refractivity contribution is 0.837. The predicted molar refractivity (Wildman–Crippen MR) is 171 cm³/mol. The molecule has 0 spiro atoms. The number of hydrogen-bond donors (Lipinski definition) is 0. The molecule has 2 heteroatoms. The Bertz CT molecular complexity index is 2070. The maximum absolute atomic E-state index is 2.58. The van der Waals surface area contributed by atoms with E-state index in [1.807, 2.05) is 0 Å². The minimum atomic E-state index is 0.859. The van der Waals surface area contributed by atoms with Crippen LogP contribution in [0.25, 0.3) is 62.1 Å². The highest BCUT2D eigenvalue weighted by atomic mass is 15.0. The van der Waals surface area contributed by atoms with E-state index in [0.29, 0.717) is 0 Å². The molecule has 8 rings (SSSR count). The molecule has 2 aliphatic carbocycles. The lowest BCUT2D eigenvalue weighted by Crippen LogP contribution is -2.01. The van der Waals surface area contributed by atoms with Crippen LogP contribution in [-0.4, -0.2) is 9.13 Å². The van der Waals surface area contributed by atoms with E-state index in [9.17, 15) is 0 Å². The molecule has 0 radical (unpaired) electrons. The van der Waals surface area contributed by atoms with E-state index in [4.69, 9.17) is 0 Å². The quantitative estimate of drug-likeness (QED) is 0.222. The molecular weight excluding hydrogens is 484 g/mol. The van der Waals surface area contributed by atoms with E-state index in [2.05, 4.69) is 144 Å². The molecule has 192 valence electrons. The Hall–Kier alpha value is -4.82. The first kappa shape index (κ1) is 23.1. The summed E-state index contributed by atoms with van der Waals surface area (Å²) in [6.45, 7) is 0.859. The van der Waals surface area contributed by atoms with E-state index in [0.717, 1.165) is 19.4 Å². The molecule has 2 aromatic heterocycles. The van der Waals surface area contributed by atoms with Crippen LogP contribution in [0.2, 0.25) is 0 Å². The van der Waals surface area contributed by atoms with Crippen molar-refractivity contribution < 1.29 is 0 Å². The van der Waals surface area contributed by atoms with Crippen molar-refractivity contribution in [1.82, 2.24) is 9.13 Å². The highest BCUT2D eigenvalue weighted by Gasteiger charge is 2.21. The predicted octanol–water partition coefficient (Wildman–Crippen LogP) is 9.58. The van der Waals surface area contributed by atoms with Gasteiger partial charge in [0.25, 0.3) is 0 Å². The van der Waals surface area contributed by atoms with Gasteiger partial charge in [0.1, 0.15) is 0 Å². The van der Waals surface area contributed by atoms with Crippen LogP contribution in [0.1, 0.15) is 28.8 Å². The van der Waals surface area contributed by atoms with Gasteiger partial charge in [0.2, 0.25) is 0 Å². The molecule has 2 heterocycles. The molecule has 0 saturated heterocycles. The monoisotopic (exact) mass is 514 g/mol. The second-order valence-corrected chi connectivity index (χ2v) is 11.0. The Morgan fingerprint density at radius 2 is 1.55 bits per heavy atom. The van der Waals surface area contributed by atoms with Crippen LogP contribution in [0.5, 0.6) is 0 Å². The number of aryl methyl sites for hydroxylation is 1. The molecule has 0 unspecified atom stereocenters. The SMILES string of the molecule is Cn1c2c(c3c1ccc1c4ccccc4n(CC4=Cc5cc(-c6ccccc6)ccc5C=CC4)c13)CC=CC=C2. The second-order valence-electron chi connectivity index (χ2n) is 11.0. The van der Waals surface area contributed by atoms with Gasteiger partial charge >= 0.3 is 0 Å². The molecule has 0 aliphatic heterocycles. The molecule has 2 nitrogen and oxygen atoms in total. The van der Waals surface area contributed by atoms with Crippen molar-refractivity contribution in [3.8, 4) is 11.1 Å². The van der Waals surface area contributed by atoms with Crippen molar-refractivity contribution >= 4 is 50.9 Å². The van der Waals surface area contributed by atoms with E-state index in [-0.39, 0.29) is 0 Å². The number of hydrogen-bond acceptors (Lipinski definition) is 0. The van der Waals surface area contributed by atoms with Gasteiger partial charge in [-0.25, -0.2) is 0 Å². The Balaban J connectivity index is 1.34. The third-order valence-corrected chi connectivity index (χ3v) is 8.66. The van der Waals surface area contributed by atoms with Crippen LogP contribution < -0.4 is 0 Å². The summed E-state index contributed by atoms with van der Waals surface area (Å²) in [7, 11) is 2.20. The maximum Gasteiger partial charge on any atom is 0.0592 e. The van der Waals surface area contributed by atoms with E-state index < -0.39 is 0 Å². The van der Waals surface area contributed by atoms with Crippen molar-refractivity contribution in [3.63, 3.8) is 0 Å². The van der Waals surface area contributed by atoms with Gasteiger partial charge in [-0.05, 0) is 70.5 Å². The van der Waals surface area contributed by atoms with Gasteiger partial charge in [-0.1, -0.05) is 103 Å². The minimum absolute atomic E-state index is 0.859. The van der Waals surface area contributed by atoms with Crippen molar-refractivity contribution in [3.05, 3.63) is 137 Å². The van der Waals surface area contributed by atoms with Crippen LogP contribution in [0.4, 0.5) is 0 Å². The Kier molecular flexibility index (Phi) is 5.28. The van der Waals surface area contributed by atoms with Crippen molar-refractivity contribution in [2.24, 2.45) is 7.05 Å². The molecule has 6 aromatic rings. The number of aromatic nitrogens is 2. The van der Waals surface area contributed by atoms with Crippen LogP contribution in [0.3, 0.4) is 0 Å². The summed E-state index contributed by atoms with van der Waals surface area (Å²) < 4.78 is 4.95. The third-order valence-electron chi connectivity index (χ3n) is 8.66. The number of allylic oxidation sites excluding steroid dienone is 5. The fraction of sp³-hybridized carbons (Fsp3) is 0.105. The Labute approximate surface area is 234 Å². The average molecular weight is 515 g/mol. The fourth-order valence-electron chi connectivity index (χ4n) is 6.76. The number of benzene rings is 4. The molecule has 0 N–H and O–H groups in total. The van der Waals surface area contributed by atoms with Gasteiger partial charge in [0.05, 0.1) is 11.0 Å². The third kappa shape index (κ3) is 3.56. The lowest BCUT2D eigenvalue weighted by atomic mass is 9.98. The highest BCUT2D eigenvalue weighted by molar-refractivity contribution is 6.19. The van der Waals surface area contributed by atoms with Crippen molar-refractivity contribution in [1.29, 1.82) is 0 Å². The molecular formula is C38H30N2. The summed E-state index contributed by atoms with van der Waals surface area (Å²) >= 11 is 0. The standard InChI is InChI=1S/C38H30N2/c1-39-34-17-7-3-6-16-33(34)37-36(39)22-21-32-31-15-8-9-18-35(31)40(38(32)37)25-26-11-10-14-28-19-20-29(24-30(28)23-26)27-12-4-2-5-13-27/h2-10,12-15,17-24H,11,16,25H2,1H3. The molecule has 0 fully saturated rings. The largest absolute Gasteiger partial charge is 0.344 e. The van der Waals surface area contributed by atoms with Crippen LogP contribution in [0.15, 0.2) is 115 Å². The van der Waals surface area contributed by atoms with Gasteiger partial charge in [0, 0.05) is 41.0 Å². The zero-order valence-corrected chi connectivity index (χ0v) is 22.6. The van der Waals surface area contributed by atoms with Gasteiger partial charge in [-0.3, -0.25) is 0 Å². The van der Waals surface area contributed by atoms with E-state index >= 15 is 0 Å². The summed E-state index contributed by atoms with van der Waals surface area (Å²) in [6.07, 6.45) is 17.8. The minimum Gasteiger partial charge on any atom is -0.344 e. The average Bonchev–Trinajstić information content (AvgIpc) is 3.21. The molecule has 40 heavy (non-hydrogen) atoms. The van der Waals surface area contributed by atoms with Gasteiger partial charge in [-0.2, -0.15) is 0 Å². The summed E-state index contributed by atoms with van der Waals surface area (Å²) in [4.78, 5) is 0.